The number of hydrogen-bond acceptors (Lipinski definition) is 1. The molecule has 0 saturated carbocycles. The summed E-state index contributed by atoms with van der Waals surface area (Å²) >= 11 is 6.84. The van der Waals surface area contributed by atoms with Gasteiger partial charge in [-0.2, -0.15) is 0 Å². The first kappa shape index (κ1) is 14.5. The Morgan fingerprint density at radius 1 is 1.19 bits per heavy atom. The Kier molecular flexibility index (Phi) is 4.21. The summed E-state index contributed by atoms with van der Waals surface area (Å²) in [5.74, 6) is 1.33. The molecule has 0 bridgehead atoms. The van der Waals surface area contributed by atoms with E-state index in [0.29, 0.717) is 5.92 Å². The van der Waals surface area contributed by atoms with Gasteiger partial charge in [0.25, 0.3) is 0 Å². The zero-order valence-corrected chi connectivity index (χ0v) is 13.4. The summed E-state index contributed by atoms with van der Waals surface area (Å²) in [6.45, 7) is 2.07. The summed E-state index contributed by atoms with van der Waals surface area (Å²) < 4.78 is 5.34. The maximum atomic E-state index is 6.84. The van der Waals surface area contributed by atoms with Gasteiger partial charge in [-0.15, -0.1) is 11.6 Å². The molecule has 3 rings (SSSR count). The number of ether oxygens (including phenoxy) is 1. The Bertz CT molecular complexity index is 635. The zero-order chi connectivity index (χ0) is 14.8. The third-order valence-electron chi connectivity index (χ3n) is 4.51. The SMILES string of the molecule is COc1ccc(C(Cl)C2CCCc3ccccc32)cc1C. The second-order valence-corrected chi connectivity index (χ2v) is 6.30. The fourth-order valence-corrected chi connectivity index (χ4v) is 3.80. The molecule has 1 aliphatic carbocycles. The van der Waals surface area contributed by atoms with Crippen LogP contribution >= 0.6 is 11.6 Å². The smallest absolute Gasteiger partial charge is 0.121 e. The number of benzene rings is 2. The Labute approximate surface area is 131 Å². The summed E-state index contributed by atoms with van der Waals surface area (Å²) in [5.41, 5.74) is 5.23. The monoisotopic (exact) mass is 300 g/mol. The fourth-order valence-electron chi connectivity index (χ4n) is 3.40. The van der Waals surface area contributed by atoms with Crippen molar-refractivity contribution >= 4 is 11.6 Å². The minimum Gasteiger partial charge on any atom is -0.496 e. The molecule has 2 aromatic carbocycles. The van der Waals surface area contributed by atoms with Crippen LogP contribution in [0.1, 0.15) is 46.4 Å². The van der Waals surface area contributed by atoms with Gasteiger partial charge >= 0.3 is 0 Å². The van der Waals surface area contributed by atoms with Crippen molar-refractivity contribution in [3.8, 4) is 5.75 Å². The van der Waals surface area contributed by atoms with Crippen molar-refractivity contribution in [2.45, 2.75) is 37.5 Å². The Hall–Kier alpha value is -1.47. The highest BCUT2D eigenvalue weighted by Gasteiger charge is 2.27. The number of rotatable bonds is 3. The number of fused-ring (bicyclic) bond motifs is 1. The average molecular weight is 301 g/mol. The van der Waals surface area contributed by atoms with Crippen molar-refractivity contribution in [1.29, 1.82) is 0 Å². The van der Waals surface area contributed by atoms with Crippen LogP contribution in [0.3, 0.4) is 0 Å². The normalized spacial score (nSPS) is 18.9. The highest BCUT2D eigenvalue weighted by Crippen LogP contribution is 2.44. The van der Waals surface area contributed by atoms with Crippen molar-refractivity contribution in [3.63, 3.8) is 0 Å². The Morgan fingerprint density at radius 3 is 2.76 bits per heavy atom. The molecule has 2 unspecified atom stereocenters. The van der Waals surface area contributed by atoms with Crippen LogP contribution in [0.25, 0.3) is 0 Å². The first-order valence-electron chi connectivity index (χ1n) is 7.57. The zero-order valence-electron chi connectivity index (χ0n) is 12.6. The minimum absolute atomic E-state index is 0.0241. The lowest BCUT2D eigenvalue weighted by atomic mass is 9.79. The van der Waals surface area contributed by atoms with Gasteiger partial charge in [-0.05, 0) is 54.5 Å². The molecule has 0 aromatic heterocycles. The molecule has 110 valence electrons. The average Bonchev–Trinajstić information content (AvgIpc) is 2.53. The van der Waals surface area contributed by atoms with E-state index in [0.717, 1.165) is 17.7 Å². The topological polar surface area (TPSA) is 9.23 Å². The molecule has 0 fully saturated rings. The van der Waals surface area contributed by atoms with Crippen molar-refractivity contribution in [3.05, 3.63) is 64.7 Å². The molecule has 0 saturated heterocycles. The molecule has 0 amide bonds. The van der Waals surface area contributed by atoms with Crippen LogP contribution < -0.4 is 4.74 Å². The molecular weight excluding hydrogens is 280 g/mol. The van der Waals surface area contributed by atoms with E-state index in [9.17, 15) is 0 Å². The maximum Gasteiger partial charge on any atom is 0.121 e. The van der Waals surface area contributed by atoms with Crippen LogP contribution in [0.5, 0.6) is 5.75 Å². The number of hydrogen-bond donors (Lipinski definition) is 0. The van der Waals surface area contributed by atoms with Crippen molar-refractivity contribution in [2.75, 3.05) is 7.11 Å². The standard InChI is InChI=1S/C19H21ClO/c1-13-12-15(10-11-18(13)21-2)19(20)17-9-5-7-14-6-3-4-8-16(14)17/h3-4,6,8,10-12,17,19H,5,7,9H2,1-2H3. The molecule has 1 aliphatic rings. The van der Waals surface area contributed by atoms with Crippen molar-refractivity contribution in [2.24, 2.45) is 0 Å². The number of halogens is 1. The van der Waals surface area contributed by atoms with Gasteiger partial charge in [0.1, 0.15) is 5.75 Å². The Balaban J connectivity index is 1.92. The van der Waals surface area contributed by atoms with Gasteiger partial charge in [0, 0.05) is 5.92 Å². The molecular formula is C19H21ClO. The van der Waals surface area contributed by atoms with Crippen LogP contribution in [0.15, 0.2) is 42.5 Å². The lowest BCUT2D eigenvalue weighted by molar-refractivity contribution is 0.411. The van der Waals surface area contributed by atoms with Gasteiger partial charge in [-0.25, -0.2) is 0 Å². The third-order valence-corrected chi connectivity index (χ3v) is 5.06. The van der Waals surface area contributed by atoms with E-state index in [-0.39, 0.29) is 5.38 Å². The highest BCUT2D eigenvalue weighted by molar-refractivity contribution is 6.21. The van der Waals surface area contributed by atoms with E-state index in [2.05, 4.69) is 43.3 Å². The van der Waals surface area contributed by atoms with Crippen LogP contribution in [-0.4, -0.2) is 7.11 Å². The van der Waals surface area contributed by atoms with Crippen LogP contribution in [0.2, 0.25) is 0 Å². The van der Waals surface area contributed by atoms with E-state index in [4.69, 9.17) is 16.3 Å². The lowest BCUT2D eigenvalue weighted by Gasteiger charge is -2.29. The predicted octanol–water partition coefficient (Wildman–Crippen LogP) is 5.40. The van der Waals surface area contributed by atoms with Crippen molar-refractivity contribution < 1.29 is 4.74 Å². The molecule has 0 N–H and O–H groups in total. The lowest BCUT2D eigenvalue weighted by Crippen LogP contribution is -2.14. The van der Waals surface area contributed by atoms with Crippen molar-refractivity contribution in [1.82, 2.24) is 0 Å². The van der Waals surface area contributed by atoms with E-state index >= 15 is 0 Å². The van der Waals surface area contributed by atoms with Gasteiger partial charge in [0.2, 0.25) is 0 Å². The van der Waals surface area contributed by atoms with E-state index in [1.54, 1.807) is 7.11 Å². The highest BCUT2D eigenvalue weighted by atomic mass is 35.5. The Morgan fingerprint density at radius 2 is 2.00 bits per heavy atom. The summed E-state index contributed by atoms with van der Waals surface area (Å²) in [7, 11) is 1.71. The number of aryl methyl sites for hydroxylation is 2. The molecule has 0 spiro atoms. The van der Waals surface area contributed by atoms with Gasteiger partial charge in [0.15, 0.2) is 0 Å². The van der Waals surface area contributed by atoms with Gasteiger partial charge in [0.05, 0.1) is 12.5 Å². The fraction of sp³-hybridized carbons (Fsp3) is 0.368. The van der Waals surface area contributed by atoms with Crippen LogP contribution in [0.4, 0.5) is 0 Å². The summed E-state index contributed by atoms with van der Waals surface area (Å²) in [6.07, 6.45) is 3.56. The van der Waals surface area contributed by atoms with Crippen LogP contribution in [0, 0.1) is 6.92 Å². The van der Waals surface area contributed by atoms with Gasteiger partial charge in [-0.1, -0.05) is 36.4 Å². The molecule has 2 heteroatoms. The molecule has 1 nitrogen and oxygen atoms in total. The van der Waals surface area contributed by atoms with Gasteiger partial charge in [-0.3, -0.25) is 0 Å². The van der Waals surface area contributed by atoms with Crippen LogP contribution in [-0.2, 0) is 6.42 Å². The number of methoxy groups -OCH3 is 1. The van der Waals surface area contributed by atoms with E-state index in [1.165, 1.54) is 29.5 Å². The predicted molar refractivity (Wildman–Crippen MR) is 88.4 cm³/mol. The molecule has 0 aliphatic heterocycles. The second kappa shape index (κ2) is 6.11. The number of alkyl halides is 1. The second-order valence-electron chi connectivity index (χ2n) is 5.83. The third kappa shape index (κ3) is 2.80. The van der Waals surface area contributed by atoms with E-state index < -0.39 is 0 Å². The minimum atomic E-state index is 0.0241. The molecule has 0 heterocycles. The first-order valence-corrected chi connectivity index (χ1v) is 8.00. The molecule has 2 atom stereocenters. The maximum absolute atomic E-state index is 6.84. The summed E-state index contributed by atoms with van der Waals surface area (Å²) in [6, 6.07) is 15.0. The largest absolute Gasteiger partial charge is 0.496 e. The molecule has 0 radical (unpaired) electrons. The summed E-state index contributed by atoms with van der Waals surface area (Å²) in [4.78, 5) is 0. The van der Waals surface area contributed by atoms with E-state index in [1.807, 2.05) is 6.07 Å². The quantitative estimate of drug-likeness (QED) is 0.689. The first-order chi connectivity index (χ1) is 10.2. The molecule has 21 heavy (non-hydrogen) atoms. The summed E-state index contributed by atoms with van der Waals surface area (Å²) in [5, 5.41) is 0.0241. The van der Waals surface area contributed by atoms with Gasteiger partial charge < -0.3 is 4.74 Å². The molecule has 2 aromatic rings.